The molecule has 0 radical (unpaired) electrons. The van der Waals surface area contributed by atoms with Gasteiger partial charge in [-0.15, -0.1) is 0 Å². The molecule has 1 fully saturated rings. The summed E-state index contributed by atoms with van der Waals surface area (Å²) in [5.74, 6) is -1.07. The summed E-state index contributed by atoms with van der Waals surface area (Å²) in [4.78, 5) is 9.41. The summed E-state index contributed by atoms with van der Waals surface area (Å²) >= 11 is 0. The molecule has 1 saturated heterocycles. The SMILES string of the molecule is CC1CN(S(=O)(=O)c2ccc(F)c([N+](=O)[O-])c2)CC1N. The van der Waals surface area contributed by atoms with Gasteiger partial charge in [-0.05, 0) is 18.1 Å². The smallest absolute Gasteiger partial charge is 0.306 e. The van der Waals surface area contributed by atoms with Gasteiger partial charge in [0.05, 0.1) is 9.82 Å². The van der Waals surface area contributed by atoms with E-state index in [9.17, 15) is 22.9 Å². The van der Waals surface area contributed by atoms with Gasteiger partial charge in [-0.25, -0.2) is 8.42 Å². The minimum Gasteiger partial charge on any atom is -0.326 e. The fraction of sp³-hybridized carbons (Fsp3) is 0.455. The number of nitro groups is 1. The van der Waals surface area contributed by atoms with Crippen LogP contribution in [0.3, 0.4) is 0 Å². The fourth-order valence-corrected chi connectivity index (χ4v) is 3.68. The predicted octanol–water partition coefficient (Wildman–Crippen LogP) is 0.702. The highest BCUT2D eigenvalue weighted by Gasteiger charge is 2.36. The first-order valence-electron chi connectivity index (χ1n) is 5.93. The molecule has 2 unspecified atom stereocenters. The van der Waals surface area contributed by atoms with Gasteiger partial charge in [0, 0.05) is 25.2 Å². The molecule has 0 aromatic heterocycles. The largest absolute Gasteiger partial charge is 0.326 e. The Balaban J connectivity index is 2.40. The van der Waals surface area contributed by atoms with Gasteiger partial charge in [0.2, 0.25) is 15.8 Å². The molecule has 1 aliphatic heterocycles. The quantitative estimate of drug-likeness (QED) is 0.653. The van der Waals surface area contributed by atoms with E-state index in [1.165, 1.54) is 4.31 Å². The van der Waals surface area contributed by atoms with Crippen LogP contribution in [-0.2, 0) is 10.0 Å². The Hall–Kier alpha value is -1.58. The van der Waals surface area contributed by atoms with Gasteiger partial charge in [0.25, 0.3) is 0 Å². The topological polar surface area (TPSA) is 107 Å². The maximum Gasteiger partial charge on any atom is 0.306 e. The van der Waals surface area contributed by atoms with Crippen molar-refractivity contribution in [2.75, 3.05) is 13.1 Å². The fourth-order valence-electron chi connectivity index (χ4n) is 2.08. The number of sulfonamides is 1. The van der Waals surface area contributed by atoms with E-state index in [1.54, 1.807) is 0 Å². The molecule has 2 rings (SSSR count). The number of nitrogens with two attached hydrogens (primary N) is 1. The monoisotopic (exact) mass is 303 g/mol. The lowest BCUT2D eigenvalue weighted by Gasteiger charge is -2.15. The van der Waals surface area contributed by atoms with E-state index < -0.39 is 26.5 Å². The maximum atomic E-state index is 13.2. The summed E-state index contributed by atoms with van der Waals surface area (Å²) in [5, 5.41) is 10.7. The van der Waals surface area contributed by atoms with Crippen molar-refractivity contribution in [1.82, 2.24) is 4.31 Å². The number of benzene rings is 1. The average molecular weight is 303 g/mol. The lowest BCUT2D eigenvalue weighted by molar-refractivity contribution is -0.387. The minimum absolute atomic E-state index is 0.000194. The Morgan fingerprint density at radius 3 is 2.60 bits per heavy atom. The number of hydrogen-bond donors (Lipinski definition) is 1. The third kappa shape index (κ3) is 2.51. The number of halogens is 1. The second-order valence-electron chi connectivity index (χ2n) is 4.83. The third-order valence-corrected chi connectivity index (χ3v) is 5.22. The van der Waals surface area contributed by atoms with Crippen molar-refractivity contribution in [2.45, 2.75) is 17.9 Å². The van der Waals surface area contributed by atoms with Gasteiger partial charge in [0.15, 0.2) is 0 Å². The van der Waals surface area contributed by atoms with Gasteiger partial charge < -0.3 is 5.73 Å². The van der Waals surface area contributed by atoms with Crippen LogP contribution < -0.4 is 5.73 Å². The standard InChI is InChI=1S/C11H14FN3O4S/c1-7-5-14(6-10(7)13)20(18,19)8-2-3-9(12)11(4-8)15(16)17/h2-4,7,10H,5-6,13H2,1H3. The molecule has 0 amide bonds. The van der Waals surface area contributed by atoms with Crippen LogP contribution >= 0.6 is 0 Å². The van der Waals surface area contributed by atoms with Crippen LogP contribution in [-0.4, -0.2) is 36.8 Å². The normalized spacial score (nSPS) is 23.9. The van der Waals surface area contributed by atoms with Crippen molar-refractivity contribution in [3.05, 3.63) is 34.1 Å². The molecule has 0 spiro atoms. The molecule has 7 nitrogen and oxygen atoms in total. The van der Waals surface area contributed by atoms with Gasteiger partial charge in [-0.2, -0.15) is 8.70 Å². The van der Waals surface area contributed by atoms with E-state index in [0.717, 1.165) is 18.2 Å². The summed E-state index contributed by atoms with van der Waals surface area (Å²) < 4.78 is 39.1. The Bertz CT molecular complexity index is 639. The first kappa shape index (κ1) is 14.8. The molecule has 1 aromatic carbocycles. The van der Waals surface area contributed by atoms with Gasteiger partial charge >= 0.3 is 5.69 Å². The van der Waals surface area contributed by atoms with Gasteiger partial charge in [-0.1, -0.05) is 6.92 Å². The molecule has 9 heteroatoms. The number of hydrogen-bond acceptors (Lipinski definition) is 5. The third-order valence-electron chi connectivity index (χ3n) is 3.39. The highest BCUT2D eigenvalue weighted by molar-refractivity contribution is 7.89. The molecule has 0 bridgehead atoms. The number of nitro benzene ring substituents is 1. The Labute approximate surface area is 115 Å². The molecule has 20 heavy (non-hydrogen) atoms. The van der Waals surface area contributed by atoms with E-state index in [4.69, 9.17) is 5.73 Å². The number of rotatable bonds is 3. The first-order chi connectivity index (χ1) is 9.23. The molecule has 1 heterocycles. The molecule has 2 N–H and O–H groups in total. The van der Waals surface area contributed by atoms with E-state index in [-0.39, 0.29) is 29.9 Å². The van der Waals surface area contributed by atoms with Crippen molar-refractivity contribution in [3.63, 3.8) is 0 Å². The van der Waals surface area contributed by atoms with E-state index >= 15 is 0 Å². The van der Waals surface area contributed by atoms with E-state index in [0.29, 0.717) is 0 Å². The molecule has 0 aliphatic carbocycles. The van der Waals surface area contributed by atoms with Crippen molar-refractivity contribution >= 4 is 15.7 Å². The maximum absolute atomic E-state index is 13.2. The molecule has 110 valence electrons. The Morgan fingerprint density at radius 2 is 2.10 bits per heavy atom. The van der Waals surface area contributed by atoms with E-state index in [2.05, 4.69) is 0 Å². The zero-order valence-corrected chi connectivity index (χ0v) is 11.5. The van der Waals surface area contributed by atoms with Crippen LogP contribution in [0.1, 0.15) is 6.92 Å². The molecule has 1 aromatic rings. The second-order valence-corrected chi connectivity index (χ2v) is 6.77. The van der Waals surface area contributed by atoms with Crippen molar-refractivity contribution < 1.29 is 17.7 Å². The summed E-state index contributed by atoms with van der Waals surface area (Å²) in [6.45, 7) is 2.22. The zero-order valence-electron chi connectivity index (χ0n) is 10.7. The van der Waals surface area contributed by atoms with Crippen LogP contribution in [0.15, 0.2) is 23.1 Å². The first-order valence-corrected chi connectivity index (χ1v) is 7.37. The van der Waals surface area contributed by atoms with E-state index in [1.807, 2.05) is 6.92 Å². The lowest BCUT2D eigenvalue weighted by Crippen LogP contribution is -2.32. The molecule has 1 aliphatic rings. The van der Waals surface area contributed by atoms with Crippen LogP contribution in [0.4, 0.5) is 10.1 Å². The van der Waals surface area contributed by atoms with Crippen LogP contribution in [0.2, 0.25) is 0 Å². The lowest BCUT2D eigenvalue weighted by atomic mass is 10.1. The minimum atomic E-state index is -3.90. The predicted molar refractivity (Wildman–Crippen MR) is 69.0 cm³/mol. The number of nitrogens with zero attached hydrogens (tertiary/aromatic N) is 2. The van der Waals surface area contributed by atoms with Crippen LogP contribution in [0.25, 0.3) is 0 Å². The highest BCUT2D eigenvalue weighted by atomic mass is 32.2. The molecule has 2 atom stereocenters. The van der Waals surface area contributed by atoms with Crippen molar-refractivity contribution in [3.8, 4) is 0 Å². The average Bonchev–Trinajstić information content (AvgIpc) is 2.70. The van der Waals surface area contributed by atoms with Gasteiger partial charge in [-0.3, -0.25) is 10.1 Å². The summed E-state index contributed by atoms with van der Waals surface area (Å²) in [7, 11) is -3.90. The Morgan fingerprint density at radius 1 is 1.45 bits per heavy atom. The molecular weight excluding hydrogens is 289 g/mol. The highest BCUT2D eigenvalue weighted by Crippen LogP contribution is 2.27. The summed E-state index contributed by atoms with van der Waals surface area (Å²) in [6, 6.07) is 2.26. The molecular formula is C11H14FN3O4S. The summed E-state index contributed by atoms with van der Waals surface area (Å²) in [5.41, 5.74) is 4.91. The van der Waals surface area contributed by atoms with Crippen LogP contribution in [0, 0.1) is 21.8 Å². The van der Waals surface area contributed by atoms with Crippen molar-refractivity contribution in [1.29, 1.82) is 0 Å². The van der Waals surface area contributed by atoms with Crippen molar-refractivity contribution in [2.24, 2.45) is 11.7 Å². The van der Waals surface area contributed by atoms with Gasteiger partial charge in [0.1, 0.15) is 0 Å². The molecule has 0 saturated carbocycles. The second kappa shape index (κ2) is 5.08. The summed E-state index contributed by atoms with van der Waals surface area (Å²) in [6.07, 6.45) is 0. The Kier molecular flexibility index (Phi) is 3.76. The zero-order chi connectivity index (χ0) is 15.1. The van der Waals surface area contributed by atoms with Crippen LogP contribution in [0.5, 0.6) is 0 Å².